The number of alkyl halides is 1. The molecule has 0 saturated heterocycles. The van der Waals surface area contributed by atoms with Crippen molar-refractivity contribution in [2.75, 3.05) is 11.9 Å². The zero-order valence-corrected chi connectivity index (χ0v) is 12.4. The highest BCUT2D eigenvalue weighted by atomic mass is 79.9. The number of hydrogen-bond acceptors (Lipinski definition) is 3. The molecule has 18 heavy (non-hydrogen) atoms. The van der Waals surface area contributed by atoms with Crippen molar-refractivity contribution >= 4 is 27.7 Å². The Morgan fingerprint density at radius 2 is 1.78 bits per heavy atom. The largest absolute Gasteiger partial charge is 0.465 e. The molecule has 1 rings (SSSR count). The highest BCUT2D eigenvalue weighted by molar-refractivity contribution is 9.09. The van der Waals surface area contributed by atoms with Gasteiger partial charge in [0, 0.05) is 5.56 Å². The van der Waals surface area contributed by atoms with Gasteiger partial charge >= 0.3 is 5.97 Å². The predicted octanol–water partition coefficient (Wildman–Crippen LogP) is 3.10. The minimum absolute atomic E-state index is 0.0236. The first-order valence-corrected chi connectivity index (χ1v) is 6.92. The third-order valence-electron chi connectivity index (χ3n) is 2.84. The first kappa shape index (κ1) is 14.9. The molecule has 1 aromatic rings. The van der Waals surface area contributed by atoms with Gasteiger partial charge in [-0.3, -0.25) is 9.59 Å². The van der Waals surface area contributed by atoms with E-state index in [2.05, 4.69) is 15.9 Å². The van der Waals surface area contributed by atoms with Crippen molar-refractivity contribution in [2.45, 2.75) is 26.2 Å². The van der Waals surface area contributed by atoms with Gasteiger partial charge in [0.1, 0.15) is 0 Å². The Bertz CT molecular complexity index is 435. The summed E-state index contributed by atoms with van der Waals surface area (Å²) in [5, 5.41) is 0.299. The monoisotopic (exact) mass is 312 g/mol. The maximum Gasteiger partial charge on any atom is 0.315 e. The second-order valence-corrected chi connectivity index (χ2v) is 5.04. The quantitative estimate of drug-likeness (QED) is 0.476. The van der Waals surface area contributed by atoms with Crippen LogP contribution in [0.25, 0.3) is 0 Å². The molecule has 98 valence electrons. The third-order valence-corrected chi connectivity index (χ3v) is 3.34. The van der Waals surface area contributed by atoms with Crippen molar-refractivity contribution < 1.29 is 14.3 Å². The number of carbonyl (C=O) groups is 2. The average molecular weight is 313 g/mol. The van der Waals surface area contributed by atoms with E-state index in [1.54, 1.807) is 31.2 Å². The van der Waals surface area contributed by atoms with Crippen LogP contribution in [0.1, 0.15) is 36.7 Å². The molecule has 3 nitrogen and oxygen atoms in total. The van der Waals surface area contributed by atoms with Gasteiger partial charge in [-0.2, -0.15) is 0 Å². The summed E-state index contributed by atoms with van der Waals surface area (Å²) in [6.07, 6.45) is 0. The number of rotatable bonds is 5. The van der Waals surface area contributed by atoms with E-state index in [9.17, 15) is 9.59 Å². The molecule has 0 aliphatic rings. The molecule has 0 fully saturated rings. The van der Waals surface area contributed by atoms with Crippen LogP contribution < -0.4 is 0 Å². The molecular formula is C14H17BrO3. The molecule has 0 saturated carbocycles. The summed E-state index contributed by atoms with van der Waals surface area (Å²) in [4.78, 5) is 23.3. The van der Waals surface area contributed by atoms with E-state index in [-0.39, 0.29) is 11.8 Å². The summed E-state index contributed by atoms with van der Waals surface area (Å²) in [5.41, 5.74) is 0.772. The van der Waals surface area contributed by atoms with Crippen molar-refractivity contribution in [1.82, 2.24) is 0 Å². The molecule has 0 atom stereocenters. The van der Waals surface area contributed by atoms with E-state index in [1.807, 2.05) is 13.8 Å². The van der Waals surface area contributed by atoms with Crippen LogP contribution in [0.2, 0.25) is 0 Å². The van der Waals surface area contributed by atoms with Crippen LogP contribution in [-0.4, -0.2) is 23.7 Å². The number of benzene rings is 1. The van der Waals surface area contributed by atoms with Crippen LogP contribution in [0.5, 0.6) is 0 Å². The number of Topliss-reactive ketones (excluding diaryl/α,β-unsaturated/α-hetero) is 1. The summed E-state index contributed by atoms with van der Waals surface area (Å²) < 4.78 is 5.05. The second kappa shape index (κ2) is 6.14. The molecule has 0 radical (unpaired) electrons. The molecule has 0 N–H and O–H groups in total. The van der Waals surface area contributed by atoms with Crippen molar-refractivity contribution in [2.24, 2.45) is 0 Å². The zero-order valence-electron chi connectivity index (χ0n) is 10.8. The molecule has 0 unspecified atom stereocenters. The zero-order chi connectivity index (χ0) is 13.8. The highest BCUT2D eigenvalue weighted by Crippen LogP contribution is 2.25. The van der Waals surface area contributed by atoms with Crippen LogP contribution in [0.4, 0.5) is 0 Å². The molecule has 1 aromatic carbocycles. The van der Waals surface area contributed by atoms with Gasteiger partial charge in [-0.25, -0.2) is 0 Å². The van der Waals surface area contributed by atoms with Crippen LogP contribution in [-0.2, 0) is 14.9 Å². The van der Waals surface area contributed by atoms with Gasteiger partial charge in [0.05, 0.1) is 17.4 Å². The fraction of sp³-hybridized carbons (Fsp3) is 0.429. The van der Waals surface area contributed by atoms with E-state index in [0.717, 1.165) is 5.56 Å². The lowest BCUT2D eigenvalue weighted by atomic mass is 9.84. The molecule has 0 spiro atoms. The minimum Gasteiger partial charge on any atom is -0.465 e. The topological polar surface area (TPSA) is 43.4 Å². The minimum atomic E-state index is -0.702. The van der Waals surface area contributed by atoms with Crippen LogP contribution in [0, 0.1) is 0 Å². The van der Waals surface area contributed by atoms with Crippen molar-refractivity contribution in [3.05, 3.63) is 35.4 Å². The van der Waals surface area contributed by atoms with Gasteiger partial charge in [0.2, 0.25) is 0 Å². The van der Waals surface area contributed by atoms with E-state index < -0.39 is 5.41 Å². The number of ether oxygens (including phenoxy) is 1. The summed E-state index contributed by atoms with van der Waals surface area (Å²) in [6.45, 7) is 5.77. The van der Waals surface area contributed by atoms with Gasteiger partial charge < -0.3 is 4.74 Å². The smallest absolute Gasteiger partial charge is 0.315 e. The van der Waals surface area contributed by atoms with Crippen molar-refractivity contribution in [3.63, 3.8) is 0 Å². The van der Waals surface area contributed by atoms with Gasteiger partial charge in [0.25, 0.3) is 0 Å². The van der Waals surface area contributed by atoms with Crippen molar-refractivity contribution in [3.8, 4) is 0 Å². The molecule has 0 amide bonds. The maximum atomic E-state index is 11.8. The lowest BCUT2D eigenvalue weighted by Crippen LogP contribution is -2.31. The molecule has 0 bridgehead atoms. The molecule has 0 aliphatic carbocycles. The number of carbonyl (C=O) groups excluding carboxylic acids is 2. The SMILES string of the molecule is CCOC(=O)C(C)(C)c1ccc(C(=O)CBr)cc1. The number of esters is 1. The number of hydrogen-bond donors (Lipinski definition) is 0. The molecule has 0 heterocycles. The lowest BCUT2D eigenvalue weighted by molar-refractivity contribution is -0.148. The standard InChI is InChI=1S/C14H17BrO3/c1-4-18-13(17)14(2,3)11-7-5-10(6-8-11)12(16)9-15/h5-8H,4,9H2,1-3H3. The lowest BCUT2D eigenvalue weighted by Gasteiger charge is -2.22. The Morgan fingerprint density at radius 3 is 2.22 bits per heavy atom. The Kier molecular flexibility index (Phi) is 5.08. The van der Waals surface area contributed by atoms with Crippen LogP contribution in [0.3, 0.4) is 0 Å². The van der Waals surface area contributed by atoms with E-state index >= 15 is 0 Å². The highest BCUT2D eigenvalue weighted by Gasteiger charge is 2.31. The van der Waals surface area contributed by atoms with Gasteiger partial charge in [-0.05, 0) is 26.3 Å². The fourth-order valence-electron chi connectivity index (χ4n) is 1.58. The maximum absolute atomic E-state index is 11.8. The number of halogens is 1. The Hall–Kier alpha value is -1.16. The summed E-state index contributed by atoms with van der Waals surface area (Å²) in [5.74, 6) is -0.236. The third kappa shape index (κ3) is 3.19. The first-order chi connectivity index (χ1) is 8.43. The van der Waals surface area contributed by atoms with E-state index in [4.69, 9.17) is 4.74 Å². The second-order valence-electron chi connectivity index (χ2n) is 4.48. The van der Waals surface area contributed by atoms with Crippen LogP contribution in [0.15, 0.2) is 24.3 Å². The number of ketones is 1. The predicted molar refractivity (Wildman–Crippen MR) is 74.2 cm³/mol. The molecular weight excluding hydrogens is 296 g/mol. The van der Waals surface area contributed by atoms with Crippen LogP contribution >= 0.6 is 15.9 Å². The van der Waals surface area contributed by atoms with E-state index in [1.165, 1.54) is 0 Å². The fourth-order valence-corrected chi connectivity index (χ4v) is 1.90. The summed E-state index contributed by atoms with van der Waals surface area (Å²) in [7, 11) is 0. The average Bonchev–Trinajstić information content (AvgIpc) is 2.38. The molecule has 4 heteroatoms. The van der Waals surface area contributed by atoms with Gasteiger partial charge in [0.15, 0.2) is 5.78 Å². The Labute approximate surface area is 116 Å². The normalized spacial score (nSPS) is 11.1. The van der Waals surface area contributed by atoms with Gasteiger partial charge in [-0.15, -0.1) is 0 Å². The van der Waals surface area contributed by atoms with E-state index in [0.29, 0.717) is 17.5 Å². The van der Waals surface area contributed by atoms with Crippen molar-refractivity contribution in [1.29, 1.82) is 0 Å². The molecule has 0 aromatic heterocycles. The Balaban J connectivity index is 2.97. The Morgan fingerprint density at radius 1 is 1.22 bits per heavy atom. The van der Waals surface area contributed by atoms with Gasteiger partial charge in [-0.1, -0.05) is 40.2 Å². The summed E-state index contributed by atoms with van der Waals surface area (Å²) in [6, 6.07) is 7.07. The molecule has 0 aliphatic heterocycles. The summed E-state index contributed by atoms with van der Waals surface area (Å²) >= 11 is 3.13. The first-order valence-electron chi connectivity index (χ1n) is 5.80.